The van der Waals surface area contributed by atoms with Crippen LogP contribution in [0.1, 0.15) is 42.9 Å². The van der Waals surface area contributed by atoms with Gasteiger partial charge in [0.15, 0.2) is 0 Å². The molecule has 41 heavy (non-hydrogen) atoms. The Labute approximate surface area is 232 Å². The van der Waals surface area contributed by atoms with Crippen molar-refractivity contribution in [2.75, 3.05) is 23.7 Å². The van der Waals surface area contributed by atoms with E-state index in [1.54, 1.807) is 24.3 Å². The van der Waals surface area contributed by atoms with Crippen LogP contribution in [0.3, 0.4) is 0 Å². The Bertz CT molecular complexity index is 1450. The Morgan fingerprint density at radius 2 is 1.76 bits per heavy atom. The molecule has 0 aliphatic carbocycles. The molecule has 3 heterocycles. The van der Waals surface area contributed by atoms with Gasteiger partial charge in [-0.3, -0.25) is 39.1 Å². The Kier molecular flexibility index (Phi) is 7.63. The number of hydrogen-bond donors (Lipinski definition) is 3. The second-order valence-electron chi connectivity index (χ2n) is 10.0. The monoisotopic (exact) mass is 569 g/mol. The van der Waals surface area contributed by atoms with Crippen molar-refractivity contribution in [1.82, 2.24) is 15.1 Å². The third kappa shape index (κ3) is 6.14. The second-order valence-corrected chi connectivity index (χ2v) is 10.0. The zero-order chi connectivity index (χ0) is 29.3. The average Bonchev–Trinajstić information content (AvgIpc) is 3.15. The Morgan fingerprint density at radius 1 is 1.02 bits per heavy atom. The minimum absolute atomic E-state index is 0.0114. The summed E-state index contributed by atoms with van der Waals surface area (Å²) in [5.41, 5.74) is 0.329. The fraction of sp³-hybridized carbons (Fsp3) is 0.321. The summed E-state index contributed by atoms with van der Waals surface area (Å²) in [5, 5.41) is 7.61. The summed E-state index contributed by atoms with van der Waals surface area (Å²) in [6.07, 6.45) is -2.48. The zero-order valence-corrected chi connectivity index (χ0v) is 21.7. The van der Waals surface area contributed by atoms with Gasteiger partial charge in [-0.15, -0.1) is 0 Å². The van der Waals surface area contributed by atoms with Crippen LogP contribution in [0.15, 0.2) is 60.3 Å². The third-order valence-electron chi connectivity index (χ3n) is 7.21. The van der Waals surface area contributed by atoms with Gasteiger partial charge in [-0.25, -0.2) is 0 Å². The first-order chi connectivity index (χ1) is 19.5. The first kappa shape index (κ1) is 28.0. The van der Waals surface area contributed by atoms with Gasteiger partial charge in [-0.1, -0.05) is 18.2 Å². The number of likely N-dealkylation sites (tertiary alicyclic amines) is 1. The number of imide groups is 2. The summed E-state index contributed by atoms with van der Waals surface area (Å²) in [7, 11) is 0. The average molecular weight is 570 g/mol. The summed E-state index contributed by atoms with van der Waals surface area (Å²) in [4.78, 5) is 65.1. The molecule has 5 amide bonds. The number of nitrogens with one attached hydrogen (secondary N) is 3. The molecule has 3 aliphatic rings. The van der Waals surface area contributed by atoms with Gasteiger partial charge < -0.3 is 10.6 Å². The first-order valence-electron chi connectivity index (χ1n) is 13.0. The van der Waals surface area contributed by atoms with Crippen LogP contribution in [-0.4, -0.2) is 58.5 Å². The van der Waals surface area contributed by atoms with E-state index in [0.29, 0.717) is 5.69 Å². The smallest absolute Gasteiger partial charge is 0.351 e. The van der Waals surface area contributed by atoms with E-state index in [9.17, 15) is 37.1 Å². The Balaban J connectivity index is 1.28. The quantitative estimate of drug-likeness (QED) is 0.417. The molecule has 2 fully saturated rings. The maximum atomic E-state index is 13.1. The maximum absolute atomic E-state index is 13.1. The van der Waals surface area contributed by atoms with Gasteiger partial charge in [0.05, 0.1) is 5.56 Å². The van der Waals surface area contributed by atoms with Crippen molar-refractivity contribution in [1.29, 1.82) is 0 Å². The minimum atomic E-state index is -4.53. The van der Waals surface area contributed by atoms with Gasteiger partial charge in [0.25, 0.3) is 11.8 Å². The lowest BCUT2D eigenvalue weighted by molar-refractivity contribution is -0.149. The molecule has 214 valence electrons. The van der Waals surface area contributed by atoms with Crippen molar-refractivity contribution in [2.45, 2.75) is 43.9 Å². The summed E-state index contributed by atoms with van der Waals surface area (Å²) in [6, 6.07) is 9.89. The van der Waals surface area contributed by atoms with Crippen molar-refractivity contribution in [3.8, 4) is 0 Å². The van der Waals surface area contributed by atoms with E-state index in [1.165, 1.54) is 12.1 Å². The molecule has 3 N–H and O–H groups in total. The molecule has 5 rings (SSSR count). The van der Waals surface area contributed by atoms with E-state index in [-0.39, 0.29) is 36.7 Å². The first-order valence-corrected chi connectivity index (χ1v) is 13.0. The normalized spacial score (nSPS) is 20.3. The van der Waals surface area contributed by atoms with E-state index >= 15 is 0 Å². The second kappa shape index (κ2) is 11.2. The van der Waals surface area contributed by atoms with Crippen molar-refractivity contribution >= 4 is 40.9 Å². The fourth-order valence-corrected chi connectivity index (χ4v) is 5.05. The van der Waals surface area contributed by atoms with E-state index in [1.807, 2.05) is 0 Å². The standard InChI is InChI=1S/C28H26F3N5O5/c29-28(30,31)17-5-2-7-19(13-17)33-24(38)15-22(35-10-3-11-35)16-4-1-6-18(12-16)32-20-14-25(39)36(27(20)41)21-8-9-23(37)34-26(21)40/h1-2,4-7,12-14,21-22,32H,3,8-11,15H2,(H,33,38)(H,34,37,40). The molecular formula is C28H26F3N5O5. The summed E-state index contributed by atoms with van der Waals surface area (Å²) in [5.74, 6) is -3.00. The molecule has 2 atom stereocenters. The Morgan fingerprint density at radius 3 is 2.44 bits per heavy atom. The van der Waals surface area contributed by atoms with Crippen LogP contribution in [0, 0.1) is 0 Å². The van der Waals surface area contributed by atoms with Crippen LogP contribution in [-0.2, 0) is 30.1 Å². The number of piperidine rings is 1. The molecule has 0 aromatic heterocycles. The number of benzene rings is 2. The van der Waals surface area contributed by atoms with E-state index < -0.39 is 47.3 Å². The van der Waals surface area contributed by atoms with Crippen LogP contribution in [0.5, 0.6) is 0 Å². The van der Waals surface area contributed by atoms with Gasteiger partial charge in [0.1, 0.15) is 11.7 Å². The van der Waals surface area contributed by atoms with Gasteiger partial charge in [-0.05, 0) is 61.8 Å². The Hall–Kier alpha value is -4.52. The van der Waals surface area contributed by atoms with Gasteiger partial charge in [0.2, 0.25) is 17.7 Å². The molecule has 0 spiro atoms. The lowest BCUT2D eigenvalue weighted by atomic mass is 9.97. The molecule has 3 aliphatic heterocycles. The van der Waals surface area contributed by atoms with Crippen LogP contribution in [0.25, 0.3) is 0 Å². The van der Waals surface area contributed by atoms with Crippen molar-refractivity contribution in [3.05, 3.63) is 71.4 Å². The lowest BCUT2D eigenvalue weighted by Crippen LogP contribution is -2.54. The minimum Gasteiger partial charge on any atom is -0.351 e. The maximum Gasteiger partial charge on any atom is 0.416 e. The number of rotatable bonds is 8. The number of halogens is 3. The fourth-order valence-electron chi connectivity index (χ4n) is 5.05. The van der Waals surface area contributed by atoms with Crippen LogP contribution in [0.4, 0.5) is 24.5 Å². The van der Waals surface area contributed by atoms with Crippen molar-refractivity contribution in [2.24, 2.45) is 0 Å². The van der Waals surface area contributed by atoms with Crippen LogP contribution >= 0.6 is 0 Å². The number of carbonyl (C=O) groups is 5. The van der Waals surface area contributed by atoms with E-state index in [0.717, 1.165) is 48.2 Å². The molecule has 2 aromatic carbocycles. The number of amides is 5. The summed E-state index contributed by atoms with van der Waals surface area (Å²) >= 11 is 0. The van der Waals surface area contributed by atoms with Gasteiger partial charge >= 0.3 is 6.18 Å². The SMILES string of the molecule is O=C1CCC(N2C(=O)C=C(Nc3cccc(C(CC(=O)Nc4cccc(C(F)(F)F)c4)N4CCC4)c3)C2=O)C(=O)N1. The molecule has 0 saturated carbocycles. The summed E-state index contributed by atoms with van der Waals surface area (Å²) < 4.78 is 39.2. The number of alkyl halides is 3. The van der Waals surface area contributed by atoms with E-state index in [2.05, 4.69) is 20.9 Å². The van der Waals surface area contributed by atoms with Gasteiger partial charge in [-0.2, -0.15) is 13.2 Å². The van der Waals surface area contributed by atoms with Gasteiger partial charge in [0, 0.05) is 36.3 Å². The largest absolute Gasteiger partial charge is 0.416 e. The highest BCUT2D eigenvalue weighted by Crippen LogP contribution is 2.33. The highest BCUT2D eigenvalue weighted by molar-refractivity contribution is 6.20. The van der Waals surface area contributed by atoms with Crippen molar-refractivity contribution < 1.29 is 37.1 Å². The lowest BCUT2D eigenvalue weighted by Gasteiger charge is -2.38. The molecule has 2 unspecified atom stereocenters. The number of nitrogens with zero attached hydrogens (tertiary/aromatic N) is 2. The van der Waals surface area contributed by atoms with E-state index in [4.69, 9.17) is 0 Å². The molecular weight excluding hydrogens is 543 g/mol. The molecule has 2 aromatic rings. The number of carbonyl (C=O) groups excluding carboxylic acids is 5. The zero-order valence-electron chi connectivity index (χ0n) is 21.7. The predicted molar refractivity (Wildman–Crippen MR) is 140 cm³/mol. The third-order valence-corrected chi connectivity index (χ3v) is 7.21. The molecule has 10 nitrogen and oxygen atoms in total. The van der Waals surface area contributed by atoms with Crippen LogP contribution < -0.4 is 16.0 Å². The van der Waals surface area contributed by atoms with Crippen molar-refractivity contribution in [3.63, 3.8) is 0 Å². The highest BCUT2D eigenvalue weighted by Gasteiger charge is 2.42. The number of hydrogen-bond acceptors (Lipinski definition) is 7. The molecule has 0 radical (unpaired) electrons. The molecule has 2 saturated heterocycles. The predicted octanol–water partition coefficient (Wildman–Crippen LogP) is 2.95. The summed E-state index contributed by atoms with van der Waals surface area (Å²) in [6.45, 7) is 1.47. The topological polar surface area (TPSA) is 128 Å². The van der Waals surface area contributed by atoms with Crippen LogP contribution in [0.2, 0.25) is 0 Å². The highest BCUT2D eigenvalue weighted by atomic mass is 19.4. The number of anilines is 2. The molecule has 0 bridgehead atoms. The molecule has 13 heteroatoms.